The van der Waals surface area contributed by atoms with Crippen molar-refractivity contribution < 1.29 is 9.53 Å². The first kappa shape index (κ1) is 12.3. The summed E-state index contributed by atoms with van der Waals surface area (Å²) in [6, 6.07) is 10.2. The van der Waals surface area contributed by atoms with Crippen molar-refractivity contribution >= 4 is 25.4 Å². The molecule has 0 saturated carbocycles. The molecule has 1 aromatic rings. The molecule has 1 unspecified atom stereocenters. The van der Waals surface area contributed by atoms with E-state index in [1.54, 1.807) is 0 Å². The van der Waals surface area contributed by atoms with Gasteiger partial charge in [-0.25, -0.2) is 0 Å². The van der Waals surface area contributed by atoms with E-state index in [2.05, 4.69) is 12.1 Å². The minimum absolute atomic E-state index is 0.0520. The predicted molar refractivity (Wildman–Crippen MR) is 62.5 cm³/mol. The standard InChI is InChI=1S/C12H16O2Se/c1-3-11(12(13)14-4-2)15-10-8-6-5-7-9-10/h5-9,11H,3-4H2,1-2H3. The van der Waals surface area contributed by atoms with E-state index < -0.39 is 0 Å². The average molecular weight is 271 g/mol. The van der Waals surface area contributed by atoms with Crippen molar-refractivity contribution in [2.45, 2.75) is 25.1 Å². The van der Waals surface area contributed by atoms with Crippen molar-refractivity contribution in [2.75, 3.05) is 6.61 Å². The van der Waals surface area contributed by atoms with E-state index in [0.29, 0.717) is 6.61 Å². The van der Waals surface area contributed by atoms with E-state index in [9.17, 15) is 4.79 Å². The second kappa shape index (κ2) is 6.65. The van der Waals surface area contributed by atoms with Crippen LogP contribution in [0.25, 0.3) is 0 Å². The van der Waals surface area contributed by atoms with E-state index in [1.807, 2.05) is 32.0 Å². The Kier molecular flexibility index (Phi) is 5.44. The van der Waals surface area contributed by atoms with Gasteiger partial charge >= 0.3 is 96.9 Å². The molecule has 1 rings (SSSR count). The predicted octanol–water partition coefficient (Wildman–Crippen LogP) is 1.78. The summed E-state index contributed by atoms with van der Waals surface area (Å²) < 4.78 is 6.30. The molecule has 0 aromatic heterocycles. The average Bonchev–Trinajstić information content (AvgIpc) is 2.27. The molecular formula is C12H16O2Se. The van der Waals surface area contributed by atoms with Gasteiger partial charge in [0.25, 0.3) is 0 Å². The maximum atomic E-state index is 11.6. The first-order valence-electron chi connectivity index (χ1n) is 5.16. The van der Waals surface area contributed by atoms with Gasteiger partial charge in [-0.2, -0.15) is 0 Å². The summed E-state index contributed by atoms with van der Waals surface area (Å²) in [5, 5.41) is 0. The molecule has 0 fully saturated rings. The van der Waals surface area contributed by atoms with Crippen LogP contribution in [0, 0.1) is 0 Å². The Morgan fingerprint density at radius 2 is 2.00 bits per heavy atom. The summed E-state index contributed by atoms with van der Waals surface area (Å²) in [6.45, 7) is 4.35. The van der Waals surface area contributed by atoms with Gasteiger partial charge in [0, 0.05) is 0 Å². The zero-order valence-electron chi connectivity index (χ0n) is 9.10. The quantitative estimate of drug-likeness (QED) is 0.602. The zero-order valence-corrected chi connectivity index (χ0v) is 10.8. The van der Waals surface area contributed by atoms with Crippen molar-refractivity contribution in [1.29, 1.82) is 0 Å². The Balaban J connectivity index is 2.58. The summed E-state index contributed by atoms with van der Waals surface area (Å²) in [4.78, 5) is 11.6. The molecule has 3 heteroatoms. The molecule has 0 aliphatic rings. The molecule has 82 valence electrons. The number of hydrogen-bond acceptors (Lipinski definition) is 2. The van der Waals surface area contributed by atoms with Crippen molar-refractivity contribution in [1.82, 2.24) is 0 Å². The Morgan fingerprint density at radius 3 is 2.53 bits per heavy atom. The molecular weight excluding hydrogens is 255 g/mol. The number of carbonyl (C=O) groups excluding carboxylic acids is 1. The third-order valence-electron chi connectivity index (χ3n) is 1.94. The molecule has 0 aliphatic heterocycles. The van der Waals surface area contributed by atoms with E-state index in [4.69, 9.17) is 4.74 Å². The molecule has 0 N–H and O–H groups in total. The van der Waals surface area contributed by atoms with Crippen molar-refractivity contribution in [2.24, 2.45) is 0 Å². The first-order chi connectivity index (χ1) is 7.27. The maximum absolute atomic E-state index is 11.6. The summed E-state index contributed by atoms with van der Waals surface area (Å²) in [6.07, 6.45) is 0.855. The van der Waals surface area contributed by atoms with Crippen molar-refractivity contribution in [3.63, 3.8) is 0 Å². The van der Waals surface area contributed by atoms with E-state index >= 15 is 0 Å². The third-order valence-corrected chi connectivity index (χ3v) is 4.78. The Hall–Kier alpha value is -0.791. The number of carbonyl (C=O) groups is 1. The molecule has 0 heterocycles. The van der Waals surface area contributed by atoms with Gasteiger partial charge < -0.3 is 0 Å². The van der Waals surface area contributed by atoms with Crippen LogP contribution in [0.1, 0.15) is 20.3 Å². The van der Waals surface area contributed by atoms with Gasteiger partial charge in [-0.05, 0) is 0 Å². The van der Waals surface area contributed by atoms with Gasteiger partial charge in [0.15, 0.2) is 0 Å². The second-order valence-corrected chi connectivity index (χ2v) is 5.76. The van der Waals surface area contributed by atoms with Crippen molar-refractivity contribution in [3.05, 3.63) is 30.3 Å². The Morgan fingerprint density at radius 1 is 1.33 bits per heavy atom. The number of esters is 1. The summed E-state index contributed by atoms with van der Waals surface area (Å²) >= 11 is 0.183. The van der Waals surface area contributed by atoms with Crippen LogP contribution < -0.4 is 4.46 Å². The van der Waals surface area contributed by atoms with Crippen LogP contribution in [-0.4, -0.2) is 27.5 Å². The van der Waals surface area contributed by atoms with E-state index in [-0.39, 0.29) is 25.7 Å². The van der Waals surface area contributed by atoms with Crippen LogP contribution in [0.15, 0.2) is 30.3 Å². The molecule has 1 atom stereocenters. The van der Waals surface area contributed by atoms with Crippen LogP contribution in [0.3, 0.4) is 0 Å². The number of rotatable bonds is 5. The topological polar surface area (TPSA) is 26.3 Å². The number of hydrogen-bond donors (Lipinski definition) is 0. The van der Waals surface area contributed by atoms with Gasteiger partial charge in [-0.1, -0.05) is 0 Å². The van der Waals surface area contributed by atoms with Gasteiger partial charge in [-0.15, -0.1) is 0 Å². The van der Waals surface area contributed by atoms with E-state index in [1.165, 1.54) is 4.46 Å². The molecule has 15 heavy (non-hydrogen) atoms. The number of benzene rings is 1. The van der Waals surface area contributed by atoms with Gasteiger partial charge in [0.2, 0.25) is 0 Å². The molecule has 0 aliphatic carbocycles. The molecule has 0 saturated heterocycles. The summed E-state index contributed by atoms with van der Waals surface area (Å²) in [5.41, 5.74) is 0. The third kappa shape index (κ3) is 4.06. The fourth-order valence-electron chi connectivity index (χ4n) is 1.20. The molecule has 0 bridgehead atoms. The number of ether oxygens (including phenoxy) is 1. The van der Waals surface area contributed by atoms with Crippen molar-refractivity contribution in [3.8, 4) is 0 Å². The minimum atomic E-state index is -0.0520. The molecule has 1 aromatic carbocycles. The monoisotopic (exact) mass is 272 g/mol. The summed E-state index contributed by atoms with van der Waals surface area (Å²) in [5.74, 6) is -0.0520. The Labute approximate surface area is 97.2 Å². The second-order valence-electron chi connectivity index (χ2n) is 3.08. The molecule has 0 spiro atoms. The van der Waals surface area contributed by atoms with Crippen LogP contribution in [0.5, 0.6) is 0 Å². The molecule has 0 radical (unpaired) electrons. The zero-order chi connectivity index (χ0) is 11.1. The van der Waals surface area contributed by atoms with Crippen LogP contribution in [0.4, 0.5) is 0 Å². The first-order valence-corrected chi connectivity index (χ1v) is 7.00. The SMILES string of the molecule is CCOC(=O)C(CC)[Se]c1ccccc1. The summed E-state index contributed by atoms with van der Waals surface area (Å²) in [7, 11) is 0. The van der Waals surface area contributed by atoms with Gasteiger partial charge in [-0.3, -0.25) is 0 Å². The molecule has 2 nitrogen and oxygen atoms in total. The van der Waals surface area contributed by atoms with E-state index in [0.717, 1.165) is 6.42 Å². The normalized spacial score (nSPS) is 12.1. The fourth-order valence-corrected chi connectivity index (χ4v) is 3.24. The van der Waals surface area contributed by atoms with Crippen LogP contribution >= 0.6 is 0 Å². The molecule has 0 amide bonds. The van der Waals surface area contributed by atoms with Crippen LogP contribution in [-0.2, 0) is 9.53 Å². The van der Waals surface area contributed by atoms with Gasteiger partial charge in [0.1, 0.15) is 0 Å². The fraction of sp³-hybridized carbons (Fsp3) is 0.417. The Bertz CT molecular complexity index is 298. The van der Waals surface area contributed by atoms with Gasteiger partial charge in [0.05, 0.1) is 0 Å². The van der Waals surface area contributed by atoms with Crippen LogP contribution in [0.2, 0.25) is 4.82 Å².